The van der Waals surface area contributed by atoms with Crippen LogP contribution in [0.5, 0.6) is 0 Å². The van der Waals surface area contributed by atoms with E-state index in [0.717, 1.165) is 0 Å². The molecule has 1 aromatic heterocycles. The van der Waals surface area contributed by atoms with Gasteiger partial charge in [0.25, 0.3) is 0 Å². The van der Waals surface area contributed by atoms with Crippen LogP contribution in [-0.2, 0) is 4.74 Å². The number of carbonyl (C=O) groups is 1. The first-order valence-electron chi connectivity index (χ1n) is 3.22. The molecule has 1 rings (SSSR count). The van der Waals surface area contributed by atoms with Crippen LogP contribution in [0.1, 0.15) is 16.2 Å². The Bertz CT molecular complexity index is 303. The Morgan fingerprint density at radius 1 is 1.83 bits per heavy atom. The summed E-state index contributed by atoms with van der Waals surface area (Å²) < 4.78 is 4.64. The van der Waals surface area contributed by atoms with Gasteiger partial charge >= 0.3 is 5.97 Å². The van der Waals surface area contributed by atoms with Crippen molar-refractivity contribution in [1.29, 1.82) is 0 Å². The van der Waals surface area contributed by atoms with Gasteiger partial charge < -0.3 is 9.84 Å². The topological polar surface area (TPSA) is 75.2 Å². The fraction of sp³-hybridized carbons (Fsp3) is 0.143. The van der Waals surface area contributed by atoms with E-state index in [4.69, 9.17) is 5.11 Å². The number of rotatable bonds is 3. The average Bonchev–Trinajstić information content (AvgIpc) is 2.48. The summed E-state index contributed by atoms with van der Waals surface area (Å²) in [6.07, 6.45) is 3.01. The summed E-state index contributed by atoms with van der Waals surface area (Å²) in [6, 6.07) is 1.41. The molecule has 5 heteroatoms. The molecule has 0 radical (unpaired) electrons. The summed E-state index contributed by atoms with van der Waals surface area (Å²) in [5, 5.41) is 14.5. The highest BCUT2D eigenvalue weighted by atomic mass is 16.5. The molecule has 0 unspecified atom stereocenters. The van der Waals surface area contributed by atoms with Gasteiger partial charge in [-0.2, -0.15) is 5.10 Å². The lowest BCUT2D eigenvalue weighted by atomic mass is 10.3. The SMILES string of the molecule is CO/C=C/c1cc(C(=O)O)n[nH]1. The number of H-pyrrole nitrogens is 1. The smallest absolute Gasteiger partial charge is 0.356 e. The first-order valence-corrected chi connectivity index (χ1v) is 3.22. The summed E-state index contributed by atoms with van der Waals surface area (Å²) in [5.41, 5.74) is 0.583. The van der Waals surface area contributed by atoms with Gasteiger partial charge in [0.15, 0.2) is 5.69 Å². The molecular formula is C7H8N2O3. The van der Waals surface area contributed by atoms with E-state index in [9.17, 15) is 4.79 Å². The molecule has 0 atom stereocenters. The minimum Gasteiger partial charge on any atom is -0.504 e. The molecule has 0 aliphatic rings. The monoisotopic (exact) mass is 168 g/mol. The van der Waals surface area contributed by atoms with E-state index in [-0.39, 0.29) is 5.69 Å². The number of carboxylic acid groups (broad SMARTS) is 1. The second kappa shape index (κ2) is 3.56. The summed E-state index contributed by atoms with van der Waals surface area (Å²) >= 11 is 0. The predicted molar refractivity (Wildman–Crippen MR) is 41.6 cm³/mol. The third-order valence-corrected chi connectivity index (χ3v) is 1.20. The Hall–Kier alpha value is -1.78. The van der Waals surface area contributed by atoms with E-state index < -0.39 is 5.97 Å². The van der Waals surface area contributed by atoms with Crippen molar-refractivity contribution in [1.82, 2.24) is 10.2 Å². The Morgan fingerprint density at radius 2 is 2.58 bits per heavy atom. The van der Waals surface area contributed by atoms with Crippen molar-refractivity contribution in [3.05, 3.63) is 23.7 Å². The number of aromatic nitrogens is 2. The Balaban J connectivity index is 2.77. The quantitative estimate of drug-likeness (QED) is 0.652. The number of carboxylic acids is 1. The van der Waals surface area contributed by atoms with E-state index in [1.54, 1.807) is 6.08 Å². The zero-order valence-corrected chi connectivity index (χ0v) is 6.44. The van der Waals surface area contributed by atoms with Gasteiger partial charge in [0.05, 0.1) is 19.1 Å². The van der Waals surface area contributed by atoms with Crippen molar-refractivity contribution in [2.75, 3.05) is 7.11 Å². The Labute approximate surface area is 68.7 Å². The van der Waals surface area contributed by atoms with Crippen LogP contribution in [0.25, 0.3) is 6.08 Å². The van der Waals surface area contributed by atoms with E-state index in [0.29, 0.717) is 5.69 Å². The third kappa shape index (κ3) is 1.85. The number of aromatic carboxylic acids is 1. The molecule has 0 bridgehead atoms. The number of methoxy groups -OCH3 is 1. The van der Waals surface area contributed by atoms with E-state index in [1.165, 1.54) is 19.4 Å². The van der Waals surface area contributed by atoms with Crippen LogP contribution < -0.4 is 0 Å². The van der Waals surface area contributed by atoms with Gasteiger partial charge in [0, 0.05) is 0 Å². The number of nitrogens with zero attached hydrogens (tertiary/aromatic N) is 1. The van der Waals surface area contributed by atoms with Gasteiger partial charge in [0.1, 0.15) is 0 Å². The standard InChI is InChI=1S/C7H8N2O3/c1-12-3-2-5-4-6(7(10)11)9-8-5/h2-4H,1H3,(H,8,9)(H,10,11)/b3-2+. The maximum Gasteiger partial charge on any atom is 0.356 e. The first-order chi connectivity index (χ1) is 5.74. The largest absolute Gasteiger partial charge is 0.504 e. The van der Waals surface area contributed by atoms with Gasteiger partial charge in [-0.15, -0.1) is 0 Å². The van der Waals surface area contributed by atoms with Crippen molar-refractivity contribution >= 4 is 12.0 Å². The molecule has 1 aromatic rings. The second-order valence-corrected chi connectivity index (χ2v) is 2.05. The molecular weight excluding hydrogens is 160 g/mol. The number of ether oxygens (including phenoxy) is 1. The van der Waals surface area contributed by atoms with Crippen molar-refractivity contribution in [3.8, 4) is 0 Å². The van der Waals surface area contributed by atoms with Gasteiger partial charge in [-0.05, 0) is 12.1 Å². The summed E-state index contributed by atoms with van der Waals surface area (Å²) in [4.78, 5) is 10.4. The minimum absolute atomic E-state index is 0.00856. The third-order valence-electron chi connectivity index (χ3n) is 1.20. The highest BCUT2D eigenvalue weighted by Gasteiger charge is 2.05. The molecule has 0 saturated heterocycles. The van der Waals surface area contributed by atoms with Crippen LogP contribution in [0.3, 0.4) is 0 Å². The van der Waals surface area contributed by atoms with Gasteiger partial charge in [-0.1, -0.05) is 0 Å². The predicted octanol–water partition coefficient (Wildman–Crippen LogP) is 0.725. The normalized spacial score (nSPS) is 10.4. The lowest BCUT2D eigenvalue weighted by molar-refractivity contribution is 0.0690. The molecule has 0 aromatic carbocycles. The summed E-state index contributed by atoms with van der Waals surface area (Å²) in [7, 11) is 1.50. The molecule has 12 heavy (non-hydrogen) atoms. The maximum atomic E-state index is 10.4. The van der Waals surface area contributed by atoms with Gasteiger partial charge in [-0.3, -0.25) is 5.10 Å². The molecule has 1 heterocycles. The lowest BCUT2D eigenvalue weighted by Gasteiger charge is -1.83. The van der Waals surface area contributed by atoms with Gasteiger partial charge in [-0.25, -0.2) is 4.79 Å². The minimum atomic E-state index is -1.05. The molecule has 0 saturated carbocycles. The number of hydrogen-bond acceptors (Lipinski definition) is 3. The van der Waals surface area contributed by atoms with Gasteiger partial charge in [0.2, 0.25) is 0 Å². The zero-order valence-electron chi connectivity index (χ0n) is 6.44. The molecule has 2 N–H and O–H groups in total. The Kier molecular flexibility index (Phi) is 2.47. The lowest BCUT2D eigenvalue weighted by Crippen LogP contribution is -1.95. The van der Waals surface area contributed by atoms with Crippen LogP contribution in [0, 0.1) is 0 Å². The zero-order chi connectivity index (χ0) is 8.97. The molecule has 0 aliphatic heterocycles. The number of hydrogen-bond donors (Lipinski definition) is 2. The van der Waals surface area contributed by atoms with Crippen LogP contribution in [0.15, 0.2) is 12.3 Å². The average molecular weight is 168 g/mol. The number of nitrogens with one attached hydrogen (secondary N) is 1. The molecule has 0 aliphatic carbocycles. The second-order valence-electron chi connectivity index (χ2n) is 2.05. The van der Waals surface area contributed by atoms with E-state index in [1.807, 2.05) is 0 Å². The highest BCUT2D eigenvalue weighted by Crippen LogP contribution is 2.01. The van der Waals surface area contributed by atoms with Crippen molar-refractivity contribution in [3.63, 3.8) is 0 Å². The fourth-order valence-electron chi connectivity index (χ4n) is 0.673. The maximum absolute atomic E-state index is 10.4. The van der Waals surface area contributed by atoms with Crippen LogP contribution in [0.4, 0.5) is 0 Å². The molecule has 0 spiro atoms. The van der Waals surface area contributed by atoms with Crippen LogP contribution in [0.2, 0.25) is 0 Å². The highest BCUT2D eigenvalue weighted by molar-refractivity contribution is 5.85. The summed E-state index contributed by atoms with van der Waals surface area (Å²) in [5.74, 6) is -1.05. The first kappa shape index (κ1) is 8.32. The summed E-state index contributed by atoms with van der Waals surface area (Å²) in [6.45, 7) is 0. The Morgan fingerprint density at radius 3 is 3.08 bits per heavy atom. The molecule has 0 fully saturated rings. The van der Waals surface area contributed by atoms with Crippen molar-refractivity contribution < 1.29 is 14.6 Å². The number of aromatic amines is 1. The van der Waals surface area contributed by atoms with E-state index >= 15 is 0 Å². The van der Waals surface area contributed by atoms with Crippen LogP contribution >= 0.6 is 0 Å². The fourth-order valence-corrected chi connectivity index (χ4v) is 0.673. The van der Waals surface area contributed by atoms with E-state index in [2.05, 4.69) is 14.9 Å². The molecule has 64 valence electrons. The molecule has 0 amide bonds. The van der Waals surface area contributed by atoms with Crippen molar-refractivity contribution in [2.45, 2.75) is 0 Å². The van der Waals surface area contributed by atoms with Crippen LogP contribution in [-0.4, -0.2) is 28.4 Å². The van der Waals surface area contributed by atoms with Crippen molar-refractivity contribution in [2.24, 2.45) is 0 Å². The molecule has 5 nitrogen and oxygen atoms in total.